The van der Waals surface area contributed by atoms with Gasteiger partial charge in [0.1, 0.15) is 0 Å². The van der Waals surface area contributed by atoms with Gasteiger partial charge in [-0.1, -0.05) is 18.0 Å². The summed E-state index contributed by atoms with van der Waals surface area (Å²) in [6.07, 6.45) is 3.85. The average molecular weight is 169 g/mol. The molecule has 0 saturated heterocycles. The molecule has 1 fully saturated rings. The summed E-state index contributed by atoms with van der Waals surface area (Å²) in [6, 6.07) is 3.78. The van der Waals surface area contributed by atoms with Crippen LogP contribution in [0, 0.1) is 0 Å². The van der Waals surface area contributed by atoms with E-state index >= 15 is 0 Å². The Morgan fingerprint density at radius 3 is 2.55 bits per heavy atom. The molecule has 1 aromatic heterocycles. The van der Waals surface area contributed by atoms with E-state index in [1.165, 1.54) is 19.3 Å². The molecular weight excluding hydrogens is 160 g/mol. The van der Waals surface area contributed by atoms with Crippen LogP contribution in [0.15, 0.2) is 12.1 Å². The van der Waals surface area contributed by atoms with Gasteiger partial charge in [-0.05, 0) is 25.0 Å². The fraction of sp³-hybridized carbons (Fsp3) is 0.500. The van der Waals surface area contributed by atoms with Crippen molar-refractivity contribution in [3.8, 4) is 0 Å². The molecule has 0 amide bonds. The summed E-state index contributed by atoms with van der Waals surface area (Å²) in [6.45, 7) is 0. The molecule has 0 aliphatic heterocycles. The van der Waals surface area contributed by atoms with Gasteiger partial charge in [0, 0.05) is 5.92 Å². The number of aromatic nitrogens is 2. The van der Waals surface area contributed by atoms with Crippen LogP contribution in [-0.4, -0.2) is 10.2 Å². The number of halogens is 1. The first-order valence-electron chi connectivity index (χ1n) is 3.85. The summed E-state index contributed by atoms with van der Waals surface area (Å²) in [7, 11) is 0. The van der Waals surface area contributed by atoms with E-state index in [2.05, 4.69) is 10.2 Å². The average Bonchev–Trinajstić information content (AvgIpc) is 1.90. The Hall–Kier alpha value is -0.630. The third kappa shape index (κ3) is 1.36. The lowest BCUT2D eigenvalue weighted by atomic mass is 9.83. The van der Waals surface area contributed by atoms with Gasteiger partial charge in [-0.15, -0.1) is 5.10 Å². The van der Waals surface area contributed by atoms with Crippen molar-refractivity contribution >= 4 is 11.6 Å². The zero-order valence-corrected chi connectivity index (χ0v) is 6.88. The third-order valence-corrected chi connectivity index (χ3v) is 2.38. The van der Waals surface area contributed by atoms with Crippen LogP contribution in [0.5, 0.6) is 0 Å². The summed E-state index contributed by atoms with van der Waals surface area (Å²) >= 11 is 5.60. The first kappa shape index (κ1) is 7.04. The van der Waals surface area contributed by atoms with Crippen molar-refractivity contribution in [2.45, 2.75) is 25.2 Å². The van der Waals surface area contributed by atoms with E-state index < -0.39 is 0 Å². The molecule has 0 unspecified atom stereocenters. The van der Waals surface area contributed by atoms with E-state index in [4.69, 9.17) is 11.6 Å². The molecule has 3 heteroatoms. The molecule has 0 radical (unpaired) electrons. The van der Waals surface area contributed by atoms with Crippen LogP contribution in [0.3, 0.4) is 0 Å². The van der Waals surface area contributed by atoms with Crippen molar-refractivity contribution in [3.05, 3.63) is 23.0 Å². The van der Waals surface area contributed by atoms with Crippen LogP contribution in [0.1, 0.15) is 30.9 Å². The molecule has 0 bridgehead atoms. The topological polar surface area (TPSA) is 25.8 Å². The molecule has 0 atom stereocenters. The van der Waals surface area contributed by atoms with Gasteiger partial charge in [-0.25, -0.2) is 0 Å². The molecular formula is C8H9ClN2. The van der Waals surface area contributed by atoms with Gasteiger partial charge in [0.25, 0.3) is 0 Å². The van der Waals surface area contributed by atoms with Crippen molar-refractivity contribution in [2.75, 3.05) is 0 Å². The fourth-order valence-electron chi connectivity index (χ4n) is 1.25. The maximum absolute atomic E-state index is 5.60. The summed E-state index contributed by atoms with van der Waals surface area (Å²) in [4.78, 5) is 0. The van der Waals surface area contributed by atoms with Crippen molar-refractivity contribution in [1.29, 1.82) is 0 Å². The minimum atomic E-state index is 0.480. The molecule has 0 aromatic carbocycles. The number of rotatable bonds is 1. The highest BCUT2D eigenvalue weighted by Gasteiger charge is 2.20. The van der Waals surface area contributed by atoms with Crippen LogP contribution in [-0.2, 0) is 0 Å². The Morgan fingerprint density at radius 2 is 2.09 bits per heavy atom. The van der Waals surface area contributed by atoms with Crippen LogP contribution >= 0.6 is 11.6 Å². The number of nitrogens with zero attached hydrogens (tertiary/aromatic N) is 2. The van der Waals surface area contributed by atoms with Crippen molar-refractivity contribution in [3.63, 3.8) is 0 Å². The van der Waals surface area contributed by atoms with Gasteiger partial charge >= 0.3 is 0 Å². The second-order valence-corrected chi connectivity index (χ2v) is 3.30. The predicted octanol–water partition coefficient (Wildman–Crippen LogP) is 2.40. The van der Waals surface area contributed by atoms with Gasteiger partial charge in [0.2, 0.25) is 0 Å². The van der Waals surface area contributed by atoms with Gasteiger partial charge in [0.15, 0.2) is 5.15 Å². The quantitative estimate of drug-likeness (QED) is 0.644. The highest BCUT2D eigenvalue weighted by atomic mass is 35.5. The van der Waals surface area contributed by atoms with E-state index in [9.17, 15) is 0 Å². The van der Waals surface area contributed by atoms with Gasteiger partial charge < -0.3 is 0 Å². The Labute approximate surface area is 70.6 Å². The summed E-state index contributed by atoms with van der Waals surface area (Å²) in [5.41, 5.74) is 1.10. The molecule has 1 aromatic rings. The molecule has 0 N–H and O–H groups in total. The van der Waals surface area contributed by atoms with Crippen LogP contribution in [0.4, 0.5) is 0 Å². The van der Waals surface area contributed by atoms with E-state index in [0.29, 0.717) is 11.1 Å². The van der Waals surface area contributed by atoms with E-state index in [1.807, 2.05) is 12.1 Å². The van der Waals surface area contributed by atoms with Crippen LogP contribution < -0.4 is 0 Å². The molecule has 11 heavy (non-hydrogen) atoms. The molecule has 58 valence electrons. The highest BCUT2D eigenvalue weighted by molar-refractivity contribution is 6.29. The molecule has 1 saturated carbocycles. The lowest BCUT2D eigenvalue weighted by Crippen LogP contribution is -2.10. The van der Waals surface area contributed by atoms with Crippen molar-refractivity contribution in [2.24, 2.45) is 0 Å². The van der Waals surface area contributed by atoms with Gasteiger partial charge in [-0.2, -0.15) is 5.10 Å². The standard InChI is InChI=1S/C8H9ClN2/c9-8-5-4-7(10-11-8)6-2-1-3-6/h4-6H,1-3H2. The second kappa shape index (κ2) is 2.78. The van der Waals surface area contributed by atoms with E-state index in [1.54, 1.807) is 0 Å². The zero-order chi connectivity index (χ0) is 7.68. The van der Waals surface area contributed by atoms with Gasteiger partial charge in [-0.3, -0.25) is 0 Å². The Bertz CT molecular complexity index is 241. The van der Waals surface area contributed by atoms with Crippen molar-refractivity contribution < 1.29 is 0 Å². The summed E-state index contributed by atoms with van der Waals surface area (Å²) in [5, 5.41) is 8.30. The second-order valence-electron chi connectivity index (χ2n) is 2.91. The Balaban J connectivity index is 2.18. The Kier molecular flexibility index (Phi) is 1.78. The smallest absolute Gasteiger partial charge is 0.151 e. The predicted molar refractivity (Wildman–Crippen MR) is 43.6 cm³/mol. The lowest BCUT2D eigenvalue weighted by Gasteiger charge is -2.23. The lowest BCUT2D eigenvalue weighted by molar-refractivity contribution is 0.408. The van der Waals surface area contributed by atoms with Crippen LogP contribution in [0.2, 0.25) is 5.15 Å². The first-order chi connectivity index (χ1) is 5.36. The third-order valence-electron chi connectivity index (χ3n) is 2.18. The molecule has 2 nitrogen and oxygen atoms in total. The van der Waals surface area contributed by atoms with E-state index in [-0.39, 0.29) is 0 Å². The number of hydrogen-bond acceptors (Lipinski definition) is 2. The maximum Gasteiger partial charge on any atom is 0.151 e. The molecule has 1 heterocycles. The zero-order valence-electron chi connectivity index (χ0n) is 6.13. The normalized spacial score (nSPS) is 17.9. The monoisotopic (exact) mass is 168 g/mol. The van der Waals surface area contributed by atoms with E-state index in [0.717, 1.165) is 5.69 Å². The molecule has 1 aliphatic rings. The van der Waals surface area contributed by atoms with Crippen molar-refractivity contribution in [1.82, 2.24) is 10.2 Å². The SMILES string of the molecule is Clc1ccc(C2CCC2)nn1. The molecule has 0 spiro atoms. The molecule has 2 rings (SSSR count). The van der Waals surface area contributed by atoms with Crippen LogP contribution in [0.25, 0.3) is 0 Å². The van der Waals surface area contributed by atoms with Gasteiger partial charge in [0.05, 0.1) is 5.69 Å². The summed E-state index contributed by atoms with van der Waals surface area (Å²) < 4.78 is 0. The Morgan fingerprint density at radius 1 is 1.27 bits per heavy atom. The number of hydrogen-bond donors (Lipinski definition) is 0. The highest BCUT2D eigenvalue weighted by Crippen LogP contribution is 2.34. The maximum atomic E-state index is 5.60. The first-order valence-corrected chi connectivity index (χ1v) is 4.23. The largest absolute Gasteiger partial charge is 0.154 e. The minimum Gasteiger partial charge on any atom is -0.154 e. The minimum absolute atomic E-state index is 0.480. The fourth-order valence-corrected chi connectivity index (χ4v) is 1.35. The summed E-state index contributed by atoms with van der Waals surface area (Å²) in [5.74, 6) is 0.653. The molecule has 1 aliphatic carbocycles.